The van der Waals surface area contributed by atoms with Crippen LogP contribution in [0.15, 0.2) is 22.7 Å². The van der Waals surface area contributed by atoms with Gasteiger partial charge in [-0.15, -0.1) is 0 Å². The first-order valence-corrected chi connectivity index (χ1v) is 5.95. The molecule has 0 aliphatic heterocycles. The Morgan fingerprint density at radius 1 is 1.47 bits per heavy atom. The standard InChI is InChI=1S/C12H14BrNO/c1-12(5-2-6-12)10-4-3-9(13)7-11(10)14-8-15/h3-4,7-8H,2,5-6H2,1H3,(H,14,15). The van der Waals surface area contributed by atoms with Crippen molar-refractivity contribution in [3.05, 3.63) is 28.2 Å². The Hall–Kier alpha value is -0.830. The Kier molecular flexibility index (Phi) is 2.83. The fourth-order valence-electron chi connectivity index (χ4n) is 2.20. The third-order valence-corrected chi connectivity index (χ3v) is 3.80. The number of amides is 1. The predicted octanol–water partition coefficient (Wildman–Crippen LogP) is 3.46. The maximum Gasteiger partial charge on any atom is 0.211 e. The van der Waals surface area contributed by atoms with Crippen LogP contribution in [-0.4, -0.2) is 6.41 Å². The van der Waals surface area contributed by atoms with Crippen molar-refractivity contribution in [3.8, 4) is 0 Å². The molecular weight excluding hydrogens is 254 g/mol. The molecule has 15 heavy (non-hydrogen) atoms. The summed E-state index contributed by atoms with van der Waals surface area (Å²) in [6, 6.07) is 6.11. The zero-order valence-corrected chi connectivity index (χ0v) is 10.3. The van der Waals surface area contributed by atoms with Gasteiger partial charge in [-0.3, -0.25) is 4.79 Å². The van der Waals surface area contributed by atoms with Crippen molar-refractivity contribution >= 4 is 28.0 Å². The predicted molar refractivity (Wildman–Crippen MR) is 65.0 cm³/mol. The Bertz CT molecular complexity index is 385. The minimum absolute atomic E-state index is 0.256. The second-order valence-corrected chi connectivity index (χ2v) is 5.28. The lowest BCUT2D eigenvalue weighted by Crippen LogP contribution is -2.31. The van der Waals surface area contributed by atoms with E-state index in [0.717, 1.165) is 16.6 Å². The Morgan fingerprint density at radius 2 is 2.20 bits per heavy atom. The quantitative estimate of drug-likeness (QED) is 0.836. The van der Waals surface area contributed by atoms with Gasteiger partial charge in [-0.25, -0.2) is 0 Å². The van der Waals surface area contributed by atoms with Crippen LogP contribution in [0.5, 0.6) is 0 Å². The molecule has 2 nitrogen and oxygen atoms in total. The molecular formula is C12H14BrNO. The normalized spacial score (nSPS) is 18.0. The zero-order valence-electron chi connectivity index (χ0n) is 8.72. The fraction of sp³-hybridized carbons (Fsp3) is 0.417. The number of hydrogen-bond acceptors (Lipinski definition) is 1. The van der Waals surface area contributed by atoms with E-state index in [9.17, 15) is 4.79 Å². The molecule has 1 amide bonds. The molecule has 1 N–H and O–H groups in total. The van der Waals surface area contributed by atoms with Gasteiger partial charge in [0, 0.05) is 10.2 Å². The average molecular weight is 268 g/mol. The number of carbonyl (C=O) groups is 1. The third kappa shape index (κ3) is 1.93. The van der Waals surface area contributed by atoms with Crippen molar-refractivity contribution in [2.45, 2.75) is 31.6 Å². The molecule has 1 fully saturated rings. The summed E-state index contributed by atoms with van der Waals surface area (Å²) in [5.41, 5.74) is 2.44. The number of benzene rings is 1. The van der Waals surface area contributed by atoms with Gasteiger partial charge in [0.1, 0.15) is 0 Å². The van der Waals surface area contributed by atoms with Gasteiger partial charge in [0.05, 0.1) is 0 Å². The van der Waals surface area contributed by atoms with Crippen LogP contribution < -0.4 is 5.32 Å². The second-order valence-electron chi connectivity index (χ2n) is 4.37. The maximum atomic E-state index is 10.5. The van der Waals surface area contributed by atoms with Crippen LogP contribution >= 0.6 is 15.9 Å². The number of anilines is 1. The molecule has 0 unspecified atom stereocenters. The molecule has 0 heterocycles. The van der Waals surface area contributed by atoms with Crippen LogP contribution in [0.25, 0.3) is 0 Å². The van der Waals surface area contributed by atoms with Crippen LogP contribution in [0.3, 0.4) is 0 Å². The third-order valence-electron chi connectivity index (χ3n) is 3.30. The molecule has 0 aromatic heterocycles. The lowest BCUT2D eigenvalue weighted by Gasteiger charge is -2.40. The zero-order chi connectivity index (χ0) is 10.9. The summed E-state index contributed by atoms with van der Waals surface area (Å²) in [5, 5.41) is 2.78. The largest absolute Gasteiger partial charge is 0.328 e. The highest BCUT2D eigenvalue weighted by Gasteiger charge is 2.35. The highest BCUT2D eigenvalue weighted by molar-refractivity contribution is 9.10. The van der Waals surface area contributed by atoms with E-state index < -0.39 is 0 Å². The van der Waals surface area contributed by atoms with E-state index in [0.29, 0.717) is 0 Å². The summed E-state index contributed by atoms with van der Waals surface area (Å²) < 4.78 is 0.999. The van der Waals surface area contributed by atoms with E-state index in [-0.39, 0.29) is 5.41 Å². The van der Waals surface area contributed by atoms with Crippen molar-refractivity contribution in [1.29, 1.82) is 0 Å². The van der Waals surface area contributed by atoms with Gasteiger partial charge in [-0.05, 0) is 36.0 Å². The van der Waals surface area contributed by atoms with Crippen molar-refractivity contribution in [1.82, 2.24) is 0 Å². The van der Waals surface area contributed by atoms with E-state index in [1.54, 1.807) is 0 Å². The van der Waals surface area contributed by atoms with Crippen LogP contribution in [0.1, 0.15) is 31.7 Å². The van der Waals surface area contributed by atoms with Gasteiger partial charge in [0.25, 0.3) is 0 Å². The molecule has 1 aromatic carbocycles. The van der Waals surface area contributed by atoms with Crippen LogP contribution in [0, 0.1) is 0 Å². The fourth-order valence-corrected chi connectivity index (χ4v) is 2.56. The van der Waals surface area contributed by atoms with Gasteiger partial charge in [-0.1, -0.05) is 35.3 Å². The first-order valence-electron chi connectivity index (χ1n) is 5.16. The average Bonchev–Trinajstić information content (AvgIpc) is 2.15. The molecule has 0 atom stereocenters. The van der Waals surface area contributed by atoms with E-state index in [1.165, 1.54) is 24.8 Å². The molecule has 3 heteroatoms. The Labute approximate surface area is 98.2 Å². The highest BCUT2D eigenvalue weighted by atomic mass is 79.9. The van der Waals surface area contributed by atoms with E-state index in [1.807, 2.05) is 12.1 Å². The molecule has 1 saturated carbocycles. The van der Waals surface area contributed by atoms with Crippen molar-refractivity contribution in [2.75, 3.05) is 5.32 Å². The van der Waals surface area contributed by atoms with Gasteiger partial charge >= 0.3 is 0 Å². The number of nitrogens with one attached hydrogen (secondary N) is 1. The van der Waals surface area contributed by atoms with Gasteiger partial charge in [0.2, 0.25) is 6.41 Å². The summed E-state index contributed by atoms with van der Waals surface area (Å²) in [4.78, 5) is 10.5. The van der Waals surface area contributed by atoms with Crippen LogP contribution in [0.2, 0.25) is 0 Å². The smallest absolute Gasteiger partial charge is 0.211 e. The number of rotatable bonds is 3. The molecule has 0 saturated heterocycles. The van der Waals surface area contributed by atoms with E-state index in [2.05, 4.69) is 34.2 Å². The summed E-state index contributed by atoms with van der Waals surface area (Å²) >= 11 is 3.42. The minimum Gasteiger partial charge on any atom is -0.328 e. The monoisotopic (exact) mass is 267 g/mol. The molecule has 80 valence electrons. The number of halogens is 1. The molecule has 0 bridgehead atoms. The van der Waals surface area contributed by atoms with E-state index >= 15 is 0 Å². The lowest BCUT2D eigenvalue weighted by atomic mass is 9.65. The summed E-state index contributed by atoms with van der Waals surface area (Å²) in [7, 11) is 0. The summed E-state index contributed by atoms with van der Waals surface area (Å²) in [6.07, 6.45) is 4.45. The van der Waals surface area contributed by atoms with Crippen LogP contribution in [0.4, 0.5) is 5.69 Å². The minimum atomic E-state index is 0.256. The van der Waals surface area contributed by atoms with E-state index in [4.69, 9.17) is 0 Å². The Morgan fingerprint density at radius 3 is 2.73 bits per heavy atom. The molecule has 1 aromatic rings. The summed E-state index contributed by atoms with van der Waals surface area (Å²) in [5.74, 6) is 0. The number of carbonyl (C=O) groups excluding carboxylic acids is 1. The molecule has 2 rings (SSSR count). The molecule has 0 radical (unpaired) electrons. The lowest BCUT2D eigenvalue weighted by molar-refractivity contribution is -0.105. The molecule has 1 aliphatic carbocycles. The van der Waals surface area contributed by atoms with Crippen molar-refractivity contribution < 1.29 is 4.79 Å². The first-order chi connectivity index (χ1) is 7.15. The molecule has 1 aliphatic rings. The highest BCUT2D eigenvalue weighted by Crippen LogP contribution is 2.46. The Balaban J connectivity index is 2.40. The van der Waals surface area contributed by atoms with Crippen molar-refractivity contribution in [2.24, 2.45) is 0 Å². The number of hydrogen-bond donors (Lipinski definition) is 1. The van der Waals surface area contributed by atoms with Gasteiger partial charge < -0.3 is 5.32 Å². The maximum absolute atomic E-state index is 10.5. The van der Waals surface area contributed by atoms with Crippen molar-refractivity contribution in [3.63, 3.8) is 0 Å². The van der Waals surface area contributed by atoms with Gasteiger partial charge in [0.15, 0.2) is 0 Å². The molecule has 0 spiro atoms. The first kappa shape index (κ1) is 10.7. The van der Waals surface area contributed by atoms with Crippen LogP contribution in [-0.2, 0) is 10.2 Å². The second kappa shape index (κ2) is 3.97. The SMILES string of the molecule is CC1(c2ccc(Br)cc2NC=O)CCC1. The summed E-state index contributed by atoms with van der Waals surface area (Å²) in [6.45, 7) is 2.26. The topological polar surface area (TPSA) is 29.1 Å². The van der Waals surface area contributed by atoms with Gasteiger partial charge in [-0.2, -0.15) is 0 Å².